The van der Waals surface area contributed by atoms with E-state index in [0.717, 1.165) is 37.8 Å². The second-order valence-corrected chi connectivity index (χ2v) is 5.39. The van der Waals surface area contributed by atoms with Crippen LogP contribution in [0.3, 0.4) is 0 Å². The van der Waals surface area contributed by atoms with Crippen molar-refractivity contribution in [2.75, 3.05) is 24.2 Å². The van der Waals surface area contributed by atoms with E-state index >= 15 is 0 Å². The molecule has 0 heterocycles. The average Bonchev–Trinajstić information content (AvgIpc) is 2.84. The number of hydrogen-bond donors (Lipinski definition) is 3. The highest BCUT2D eigenvalue weighted by Gasteiger charge is 2.30. The van der Waals surface area contributed by atoms with Gasteiger partial charge in [-0.2, -0.15) is 0 Å². The van der Waals surface area contributed by atoms with Gasteiger partial charge in [-0.1, -0.05) is 19.8 Å². The average molecular weight is 264 g/mol. The van der Waals surface area contributed by atoms with Crippen LogP contribution in [-0.4, -0.2) is 23.9 Å². The third kappa shape index (κ3) is 3.77. The largest absolute Gasteiger partial charge is 0.491 e. The molecule has 19 heavy (non-hydrogen) atoms. The van der Waals surface area contributed by atoms with Crippen molar-refractivity contribution >= 4 is 11.4 Å². The van der Waals surface area contributed by atoms with Crippen molar-refractivity contribution in [2.45, 2.75) is 44.6 Å². The summed E-state index contributed by atoms with van der Waals surface area (Å²) in [4.78, 5) is 0. The van der Waals surface area contributed by atoms with Crippen LogP contribution in [0.25, 0.3) is 0 Å². The molecule has 1 aliphatic carbocycles. The molecule has 0 aliphatic heterocycles. The zero-order valence-electron chi connectivity index (χ0n) is 11.6. The molecule has 0 unspecified atom stereocenters. The van der Waals surface area contributed by atoms with Crippen LogP contribution in [0.15, 0.2) is 18.2 Å². The predicted molar refractivity (Wildman–Crippen MR) is 78.5 cm³/mol. The molecule has 1 fully saturated rings. The Bertz CT molecular complexity index is 415. The van der Waals surface area contributed by atoms with Crippen LogP contribution < -0.4 is 15.8 Å². The first-order chi connectivity index (χ1) is 9.13. The molecule has 0 radical (unpaired) electrons. The Morgan fingerprint density at radius 1 is 1.37 bits per heavy atom. The lowest BCUT2D eigenvalue weighted by molar-refractivity contribution is 0.0614. The maximum absolute atomic E-state index is 10.3. The maximum Gasteiger partial charge on any atom is 0.144 e. The summed E-state index contributed by atoms with van der Waals surface area (Å²) in [5.74, 6) is 0.713. The minimum absolute atomic E-state index is 0.550. The lowest BCUT2D eigenvalue weighted by Crippen LogP contribution is -2.33. The quantitative estimate of drug-likeness (QED) is 0.691. The van der Waals surface area contributed by atoms with Gasteiger partial charge in [-0.05, 0) is 31.4 Å². The van der Waals surface area contributed by atoms with Gasteiger partial charge in [-0.15, -0.1) is 0 Å². The van der Waals surface area contributed by atoms with Crippen molar-refractivity contribution < 1.29 is 9.84 Å². The molecule has 4 N–H and O–H groups in total. The fourth-order valence-electron chi connectivity index (χ4n) is 2.46. The van der Waals surface area contributed by atoms with Gasteiger partial charge < -0.3 is 20.9 Å². The number of nitrogens with two attached hydrogens (primary N) is 1. The Labute approximate surface area is 115 Å². The monoisotopic (exact) mass is 264 g/mol. The Hall–Kier alpha value is -1.42. The minimum Gasteiger partial charge on any atom is -0.491 e. The van der Waals surface area contributed by atoms with Gasteiger partial charge in [0.25, 0.3) is 0 Å². The van der Waals surface area contributed by atoms with E-state index in [9.17, 15) is 5.11 Å². The summed E-state index contributed by atoms with van der Waals surface area (Å²) in [5, 5.41) is 13.6. The summed E-state index contributed by atoms with van der Waals surface area (Å²) in [6, 6.07) is 5.67. The first-order valence-electron chi connectivity index (χ1n) is 7.11. The molecule has 0 aromatic heterocycles. The van der Waals surface area contributed by atoms with Crippen LogP contribution in [0.2, 0.25) is 0 Å². The van der Waals surface area contributed by atoms with E-state index in [0.29, 0.717) is 24.6 Å². The van der Waals surface area contributed by atoms with Crippen LogP contribution in [0.5, 0.6) is 5.75 Å². The van der Waals surface area contributed by atoms with E-state index in [1.807, 2.05) is 18.2 Å². The number of ether oxygens (including phenoxy) is 1. The summed E-state index contributed by atoms with van der Waals surface area (Å²) in [5.41, 5.74) is 6.92. The number of rotatable bonds is 6. The molecule has 0 atom stereocenters. The normalized spacial score (nSPS) is 17.4. The van der Waals surface area contributed by atoms with E-state index < -0.39 is 5.60 Å². The van der Waals surface area contributed by atoms with Gasteiger partial charge in [0.15, 0.2) is 0 Å². The van der Waals surface area contributed by atoms with Crippen molar-refractivity contribution in [3.8, 4) is 5.75 Å². The standard InChI is InChI=1S/C15H24N2O2/c1-2-9-19-14-10-12(5-6-13(14)16)17-11-15(18)7-3-4-8-15/h5-6,10,17-18H,2-4,7-9,11,16H2,1H3. The fraction of sp³-hybridized carbons (Fsp3) is 0.600. The summed E-state index contributed by atoms with van der Waals surface area (Å²) in [6.07, 6.45) is 4.95. The third-order valence-electron chi connectivity index (χ3n) is 3.63. The summed E-state index contributed by atoms with van der Waals surface area (Å²) in [6.45, 7) is 3.32. The smallest absolute Gasteiger partial charge is 0.144 e. The molecule has 0 saturated heterocycles. The SMILES string of the molecule is CCCOc1cc(NCC2(O)CCCC2)ccc1N. The molecule has 1 aliphatic rings. The Morgan fingerprint density at radius 2 is 2.11 bits per heavy atom. The number of aliphatic hydroxyl groups is 1. The Balaban J connectivity index is 1.96. The Kier molecular flexibility index (Phi) is 4.53. The van der Waals surface area contributed by atoms with Gasteiger partial charge in [0, 0.05) is 18.3 Å². The topological polar surface area (TPSA) is 67.5 Å². The molecule has 1 saturated carbocycles. The van der Waals surface area contributed by atoms with Crippen LogP contribution in [0.4, 0.5) is 11.4 Å². The molecule has 0 bridgehead atoms. The molecule has 4 nitrogen and oxygen atoms in total. The van der Waals surface area contributed by atoms with Gasteiger partial charge in [0.05, 0.1) is 17.9 Å². The predicted octanol–water partition coefficient (Wildman–Crippen LogP) is 2.77. The second-order valence-electron chi connectivity index (χ2n) is 5.39. The van der Waals surface area contributed by atoms with E-state index in [4.69, 9.17) is 10.5 Å². The van der Waals surface area contributed by atoms with Gasteiger partial charge in [-0.25, -0.2) is 0 Å². The van der Waals surface area contributed by atoms with Crippen LogP contribution >= 0.6 is 0 Å². The van der Waals surface area contributed by atoms with Gasteiger partial charge in [-0.3, -0.25) is 0 Å². The van der Waals surface area contributed by atoms with Gasteiger partial charge in [0.2, 0.25) is 0 Å². The molecule has 0 spiro atoms. The highest BCUT2D eigenvalue weighted by atomic mass is 16.5. The molecule has 106 valence electrons. The summed E-state index contributed by atoms with van der Waals surface area (Å²) >= 11 is 0. The fourth-order valence-corrected chi connectivity index (χ4v) is 2.46. The van der Waals surface area contributed by atoms with E-state index in [1.165, 1.54) is 0 Å². The lowest BCUT2D eigenvalue weighted by Gasteiger charge is -2.23. The van der Waals surface area contributed by atoms with Crippen LogP contribution in [0, 0.1) is 0 Å². The van der Waals surface area contributed by atoms with E-state index in [1.54, 1.807) is 0 Å². The highest BCUT2D eigenvalue weighted by molar-refractivity contribution is 5.61. The molecule has 1 aromatic carbocycles. The van der Waals surface area contributed by atoms with E-state index in [2.05, 4.69) is 12.2 Å². The zero-order chi connectivity index (χ0) is 13.7. The number of nitrogen functional groups attached to an aromatic ring is 1. The van der Waals surface area contributed by atoms with Gasteiger partial charge >= 0.3 is 0 Å². The number of hydrogen-bond acceptors (Lipinski definition) is 4. The minimum atomic E-state index is -0.550. The first kappa shape index (κ1) is 14.0. The number of anilines is 2. The van der Waals surface area contributed by atoms with Gasteiger partial charge in [0.1, 0.15) is 5.75 Å². The summed E-state index contributed by atoms with van der Waals surface area (Å²) in [7, 11) is 0. The third-order valence-corrected chi connectivity index (χ3v) is 3.63. The van der Waals surface area contributed by atoms with Crippen LogP contribution in [-0.2, 0) is 0 Å². The number of benzene rings is 1. The van der Waals surface area contributed by atoms with Crippen molar-refractivity contribution in [2.24, 2.45) is 0 Å². The highest BCUT2D eigenvalue weighted by Crippen LogP contribution is 2.31. The zero-order valence-corrected chi connectivity index (χ0v) is 11.6. The first-order valence-corrected chi connectivity index (χ1v) is 7.11. The lowest BCUT2D eigenvalue weighted by atomic mass is 10.0. The van der Waals surface area contributed by atoms with Crippen molar-refractivity contribution in [1.29, 1.82) is 0 Å². The van der Waals surface area contributed by atoms with Crippen molar-refractivity contribution in [3.63, 3.8) is 0 Å². The van der Waals surface area contributed by atoms with Crippen molar-refractivity contribution in [1.82, 2.24) is 0 Å². The van der Waals surface area contributed by atoms with Crippen molar-refractivity contribution in [3.05, 3.63) is 18.2 Å². The second kappa shape index (κ2) is 6.15. The molecule has 0 amide bonds. The molecule has 1 aromatic rings. The number of nitrogens with one attached hydrogen (secondary N) is 1. The summed E-state index contributed by atoms with van der Waals surface area (Å²) < 4.78 is 5.60. The van der Waals surface area contributed by atoms with E-state index in [-0.39, 0.29) is 0 Å². The Morgan fingerprint density at radius 3 is 2.79 bits per heavy atom. The maximum atomic E-state index is 10.3. The molecule has 2 rings (SSSR count). The van der Waals surface area contributed by atoms with Crippen LogP contribution in [0.1, 0.15) is 39.0 Å². The molecule has 4 heteroatoms. The molecular formula is C15H24N2O2. The molecular weight excluding hydrogens is 240 g/mol.